The van der Waals surface area contributed by atoms with Crippen LogP contribution in [0, 0.1) is 5.41 Å². The molecule has 0 saturated carbocycles. The van der Waals surface area contributed by atoms with Crippen LogP contribution in [0.5, 0.6) is 0 Å². The van der Waals surface area contributed by atoms with Crippen molar-refractivity contribution in [2.24, 2.45) is 5.41 Å². The predicted molar refractivity (Wildman–Crippen MR) is 216 cm³/mol. The smallest absolute Gasteiger partial charge is 0.398 e. The Morgan fingerprint density at radius 2 is 1.55 bits per heavy atom. The van der Waals surface area contributed by atoms with Crippen LogP contribution >= 0.6 is 51.7 Å². The monoisotopic (exact) mass is 863 g/mol. The molecule has 292 valence electrons. The Hall–Kier alpha value is -2.38. The van der Waals surface area contributed by atoms with Crippen molar-refractivity contribution in [2.75, 3.05) is 45.5 Å². The first-order valence-corrected chi connectivity index (χ1v) is 26.8. The summed E-state index contributed by atoms with van der Waals surface area (Å²) >= 11 is 13.3. The van der Waals surface area contributed by atoms with Gasteiger partial charge in [-0.3, -0.25) is 32.5 Å². The van der Waals surface area contributed by atoms with Crippen LogP contribution in [0.25, 0.3) is 0 Å². The number of carbonyl (C=O) groups excluding carboxylic acids is 1. The molecule has 2 bridgehead atoms. The molecule has 5 aliphatic rings. The van der Waals surface area contributed by atoms with E-state index in [-0.39, 0.29) is 51.0 Å². The van der Waals surface area contributed by atoms with Gasteiger partial charge in [0.1, 0.15) is 6.61 Å². The highest BCUT2D eigenvalue weighted by atomic mass is 35.5. The fraction of sp³-hybridized carbons (Fsp3) is 0.395. The molecule has 3 atom stereocenters. The van der Waals surface area contributed by atoms with Gasteiger partial charge in [-0.1, -0.05) is 110 Å². The largest absolute Gasteiger partial charge is 0.461 e. The number of dihydropyridines is 1. The number of hydrogen-bond acceptors (Lipinski definition) is 11. The summed E-state index contributed by atoms with van der Waals surface area (Å²) in [6.07, 6.45) is -1.20. The molecular formula is C38H43Cl2N3O8P4. The molecule has 17 heteroatoms. The van der Waals surface area contributed by atoms with Gasteiger partial charge in [-0.15, -0.1) is 0 Å². The minimum absolute atomic E-state index is 0.0292. The fourth-order valence-corrected chi connectivity index (χ4v) is 31.5. The maximum atomic E-state index is 15.4. The van der Waals surface area contributed by atoms with Crippen LogP contribution in [-0.4, -0.2) is 67.6 Å². The summed E-state index contributed by atoms with van der Waals surface area (Å²) in [5, 5.41) is 3.18. The fourth-order valence-electron chi connectivity index (χ4n) is 8.05. The lowest BCUT2D eigenvalue weighted by Gasteiger charge is -2.53. The maximum Gasteiger partial charge on any atom is 0.398 e. The van der Waals surface area contributed by atoms with Crippen LogP contribution in [0.3, 0.4) is 0 Å². The summed E-state index contributed by atoms with van der Waals surface area (Å²) in [7, 11) is -5.46. The van der Waals surface area contributed by atoms with Crippen molar-refractivity contribution in [3.63, 3.8) is 0 Å². The number of hydrogen-bond donors (Lipinski definition) is 1. The summed E-state index contributed by atoms with van der Waals surface area (Å²) in [6.45, 7) is 0.962. The average molecular weight is 865 g/mol. The van der Waals surface area contributed by atoms with Crippen LogP contribution in [0.2, 0.25) is 10.0 Å². The SMILES string of the molecule is CC1=C(C(=O)OCCN2CCN(C(c3ccccc3)c3ccccc3)CC2)C(c2cccc(Cl)c2Cl)C(P(=O)(P=O)P2(=O)CC(C)(C)C3OP2(=O)O3)=C(C)N1. The van der Waals surface area contributed by atoms with E-state index in [1.807, 2.05) is 12.1 Å². The van der Waals surface area contributed by atoms with Gasteiger partial charge in [0.05, 0.1) is 27.6 Å². The first-order chi connectivity index (χ1) is 26.1. The maximum absolute atomic E-state index is 15.4. The molecule has 0 amide bonds. The van der Waals surface area contributed by atoms with Crippen molar-refractivity contribution in [3.8, 4) is 0 Å². The Bertz CT molecular complexity index is 2160. The summed E-state index contributed by atoms with van der Waals surface area (Å²) in [5.74, 6) is -2.00. The van der Waals surface area contributed by atoms with Gasteiger partial charge >= 0.3 is 13.3 Å². The second-order valence-corrected chi connectivity index (χ2v) is 31.6. The van der Waals surface area contributed by atoms with E-state index >= 15 is 9.13 Å². The zero-order valence-corrected chi connectivity index (χ0v) is 36.0. The molecule has 1 N–H and O–H groups in total. The molecule has 4 saturated heterocycles. The number of esters is 1. The van der Waals surface area contributed by atoms with Crippen LogP contribution < -0.4 is 5.32 Å². The quantitative estimate of drug-likeness (QED) is 0.146. The highest BCUT2D eigenvalue weighted by Gasteiger charge is 2.75. The van der Waals surface area contributed by atoms with Gasteiger partial charge in [-0.05, 0) is 36.6 Å². The van der Waals surface area contributed by atoms with Crippen molar-refractivity contribution in [3.05, 3.63) is 128 Å². The number of nitrogens with one attached hydrogen (secondary N) is 1. The van der Waals surface area contributed by atoms with Crippen molar-refractivity contribution >= 4 is 57.6 Å². The van der Waals surface area contributed by atoms with Crippen molar-refractivity contribution in [1.29, 1.82) is 0 Å². The normalized spacial score (nSPS) is 28.1. The van der Waals surface area contributed by atoms with Crippen LogP contribution in [-0.2, 0) is 36.8 Å². The van der Waals surface area contributed by atoms with Crippen molar-refractivity contribution < 1.29 is 36.8 Å². The van der Waals surface area contributed by atoms with Gasteiger partial charge in [0.25, 0.3) is 13.0 Å². The van der Waals surface area contributed by atoms with E-state index in [9.17, 15) is 13.9 Å². The summed E-state index contributed by atoms with van der Waals surface area (Å²) in [5.41, 5.74) is 2.38. The van der Waals surface area contributed by atoms with Gasteiger partial charge in [-0.25, -0.2) is 4.79 Å². The van der Waals surface area contributed by atoms with Gasteiger partial charge < -0.3 is 14.6 Å². The van der Waals surface area contributed by atoms with E-state index in [0.29, 0.717) is 12.2 Å². The molecule has 11 nitrogen and oxygen atoms in total. The lowest BCUT2D eigenvalue weighted by atomic mass is 9.86. The molecule has 55 heavy (non-hydrogen) atoms. The van der Waals surface area contributed by atoms with E-state index in [1.165, 1.54) is 11.1 Å². The Morgan fingerprint density at radius 3 is 2.13 bits per heavy atom. The van der Waals surface area contributed by atoms with E-state index in [1.54, 1.807) is 45.9 Å². The number of carbonyl (C=O) groups is 1. The van der Waals surface area contributed by atoms with Gasteiger partial charge in [0, 0.05) is 61.0 Å². The Kier molecular flexibility index (Phi) is 11.7. The molecule has 3 unspecified atom stereocenters. The first-order valence-electron chi connectivity index (χ1n) is 18.0. The van der Waals surface area contributed by atoms with Gasteiger partial charge in [0.2, 0.25) is 8.15 Å². The van der Waals surface area contributed by atoms with Crippen LogP contribution in [0.4, 0.5) is 0 Å². The molecular weight excluding hydrogens is 821 g/mol. The van der Waals surface area contributed by atoms with Crippen LogP contribution in [0.1, 0.15) is 56.3 Å². The Morgan fingerprint density at radius 1 is 0.945 bits per heavy atom. The van der Waals surface area contributed by atoms with Gasteiger partial charge in [0.15, 0.2) is 6.29 Å². The summed E-state index contributed by atoms with van der Waals surface area (Å²) < 4.78 is 74.8. The van der Waals surface area contributed by atoms with E-state index < -0.39 is 52.1 Å². The third-order valence-corrected chi connectivity index (χ3v) is 33.8. The highest BCUT2D eigenvalue weighted by molar-refractivity contribution is 8.78. The molecule has 5 aliphatic heterocycles. The highest BCUT2D eigenvalue weighted by Crippen LogP contribution is 3.11. The number of halogens is 2. The topological polar surface area (TPSA) is 132 Å². The lowest BCUT2D eigenvalue weighted by molar-refractivity contribution is -0.151. The number of benzene rings is 3. The average Bonchev–Trinajstić information content (AvgIpc) is 3.14. The minimum atomic E-state index is -4.73. The lowest BCUT2D eigenvalue weighted by Crippen LogP contribution is -2.48. The van der Waals surface area contributed by atoms with Crippen molar-refractivity contribution in [1.82, 2.24) is 15.1 Å². The van der Waals surface area contributed by atoms with Crippen molar-refractivity contribution in [2.45, 2.75) is 45.9 Å². The molecule has 4 fully saturated rings. The van der Waals surface area contributed by atoms with E-state index in [4.69, 9.17) is 37.0 Å². The second-order valence-electron chi connectivity index (χ2n) is 14.9. The number of rotatable bonds is 11. The Labute approximate surface area is 332 Å². The molecule has 0 aromatic heterocycles. The molecule has 8 rings (SSSR count). The first kappa shape index (κ1) is 40.8. The number of ether oxygens (including phenoxy) is 1. The molecule has 3 aromatic carbocycles. The molecule has 3 aromatic rings. The number of piperazine rings is 1. The van der Waals surface area contributed by atoms with Crippen LogP contribution in [0.15, 0.2) is 101 Å². The second kappa shape index (κ2) is 15.8. The zero-order valence-electron chi connectivity index (χ0n) is 30.9. The zero-order chi connectivity index (χ0) is 39.3. The third kappa shape index (κ3) is 7.23. The van der Waals surface area contributed by atoms with Gasteiger partial charge in [-0.2, -0.15) is 0 Å². The van der Waals surface area contributed by atoms with E-state index in [0.717, 1.165) is 26.2 Å². The third-order valence-electron chi connectivity index (χ3n) is 10.8. The standard InChI is InChI=1S/C38H43Cl2N3O8P4/c1-25-31(36(44)49-23-22-42-18-20-43(21-19-42)34(27-12-7-5-8-13-27)28-14-9-6-10-15-28)32(29-16-11-17-30(39)33(29)40)35(26(2)41-25)54(47,52-45)53(46)24-38(3,4)37-50-55(53,48)51-37/h5-17,32,34,37,41H,18-24H2,1-4H3. The van der Waals surface area contributed by atoms with E-state index in [2.05, 4.69) is 63.6 Å². The molecule has 0 radical (unpaired) electrons. The summed E-state index contributed by atoms with van der Waals surface area (Å²) in [4.78, 5) is 19.0. The predicted octanol–water partition coefficient (Wildman–Crippen LogP) is 10.5. The Balaban J connectivity index is 1.12. The number of fused-ring (bicyclic) bond motifs is 2. The number of nitrogens with zero attached hydrogens (tertiary/aromatic N) is 2. The molecule has 0 spiro atoms. The summed E-state index contributed by atoms with van der Waals surface area (Å²) in [6, 6.07) is 25.8. The molecule has 0 aliphatic carbocycles. The molecule has 5 heterocycles. The minimum Gasteiger partial charge on any atom is -0.461 e. The number of allylic oxidation sites excluding steroid dienone is 3.